The van der Waals surface area contributed by atoms with E-state index in [0.717, 1.165) is 16.8 Å². The summed E-state index contributed by atoms with van der Waals surface area (Å²) in [6.07, 6.45) is 0.755. The Bertz CT molecular complexity index is 1070. The van der Waals surface area contributed by atoms with E-state index in [9.17, 15) is 9.59 Å². The van der Waals surface area contributed by atoms with E-state index < -0.39 is 6.04 Å². The summed E-state index contributed by atoms with van der Waals surface area (Å²) in [4.78, 5) is 27.5. The molecule has 1 aliphatic rings. The van der Waals surface area contributed by atoms with Crippen molar-refractivity contribution in [3.63, 3.8) is 0 Å². The van der Waals surface area contributed by atoms with Gasteiger partial charge in [-0.3, -0.25) is 9.59 Å². The lowest BCUT2D eigenvalue weighted by atomic mass is 9.97. The average molecular weight is 484 g/mol. The number of hydrogen-bond donors (Lipinski definition) is 0. The van der Waals surface area contributed by atoms with Gasteiger partial charge in [0.05, 0.1) is 39.7 Å². The van der Waals surface area contributed by atoms with Crippen LogP contribution >= 0.6 is 0 Å². The zero-order valence-electron chi connectivity index (χ0n) is 20.9. The van der Waals surface area contributed by atoms with Gasteiger partial charge in [0.25, 0.3) is 5.91 Å². The first kappa shape index (κ1) is 26.0. The second kappa shape index (κ2) is 12.2. The van der Waals surface area contributed by atoms with Gasteiger partial charge in [0, 0.05) is 37.6 Å². The molecule has 0 bridgehead atoms. The average Bonchev–Trinajstić information content (AvgIpc) is 3.35. The number of carbonyl (C=O) groups excluding carboxylic acids is 2. The smallest absolute Gasteiger partial charge is 0.262 e. The lowest BCUT2D eigenvalue weighted by molar-refractivity contribution is -0.142. The fourth-order valence-electron chi connectivity index (χ4n) is 4.01. The molecule has 188 valence electrons. The molecule has 2 aromatic carbocycles. The second-order valence-electron chi connectivity index (χ2n) is 8.01. The van der Waals surface area contributed by atoms with Gasteiger partial charge in [0.2, 0.25) is 5.91 Å². The van der Waals surface area contributed by atoms with Crippen molar-refractivity contribution in [3.8, 4) is 17.2 Å². The molecule has 35 heavy (non-hydrogen) atoms. The van der Waals surface area contributed by atoms with Crippen molar-refractivity contribution < 1.29 is 28.5 Å². The molecule has 0 unspecified atom stereocenters. The maximum Gasteiger partial charge on any atom is 0.262 e. The van der Waals surface area contributed by atoms with Crippen LogP contribution in [-0.2, 0) is 14.3 Å². The van der Waals surface area contributed by atoms with E-state index in [-0.39, 0.29) is 18.4 Å². The molecule has 0 saturated carbocycles. The molecular formula is C26H33N3O6. The van der Waals surface area contributed by atoms with Crippen molar-refractivity contribution in [1.29, 1.82) is 0 Å². The molecule has 0 N–H and O–H groups in total. The maximum atomic E-state index is 13.6. The summed E-state index contributed by atoms with van der Waals surface area (Å²) in [5.41, 5.74) is 2.36. The number of methoxy groups -OCH3 is 4. The Hall–Kier alpha value is -3.59. The Kier molecular flexibility index (Phi) is 9.08. The zero-order valence-corrected chi connectivity index (χ0v) is 20.9. The highest BCUT2D eigenvalue weighted by Crippen LogP contribution is 2.39. The first-order chi connectivity index (χ1) is 16.9. The van der Waals surface area contributed by atoms with E-state index in [0.29, 0.717) is 43.2 Å². The number of carbonyl (C=O) groups is 2. The fourth-order valence-corrected chi connectivity index (χ4v) is 4.01. The largest absolute Gasteiger partial charge is 0.497 e. The van der Waals surface area contributed by atoms with Crippen LogP contribution in [0.5, 0.6) is 17.2 Å². The molecule has 2 aromatic rings. The first-order valence-corrected chi connectivity index (χ1v) is 11.5. The van der Waals surface area contributed by atoms with Crippen LogP contribution in [0.1, 0.15) is 36.9 Å². The summed E-state index contributed by atoms with van der Waals surface area (Å²) in [7, 11) is 6.34. The number of nitrogens with zero attached hydrogens (tertiary/aromatic N) is 3. The lowest BCUT2D eigenvalue weighted by Crippen LogP contribution is -2.42. The van der Waals surface area contributed by atoms with Gasteiger partial charge in [-0.1, -0.05) is 19.1 Å². The van der Waals surface area contributed by atoms with Crippen molar-refractivity contribution in [2.75, 3.05) is 48.1 Å². The van der Waals surface area contributed by atoms with Gasteiger partial charge in [-0.25, -0.2) is 5.01 Å². The van der Waals surface area contributed by atoms with Crippen LogP contribution in [0, 0.1) is 0 Å². The van der Waals surface area contributed by atoms with Crippen molar-refractivity contribution in [3.05, 3.63) is 53.6 Å². The van der Waals surface area contributed by atoms with Gasteiger partial charge in [-0.15, -0.1) is 0 Å². The lowest BCUT2D eigenvalue weighted by Gasteiger charge is -2.27. The maximum absolute atomic E-state index is 13.6. The molecule has 9 heteroatoms. The Labute approximate surface area is 206 Å². The van der Waals surface area contributed by atoms with Crippen molar-refractivity contribution in [2.24, 2.45) is 5.10 Å². The number of hydrazone groups is 1. The van der Waals surface area contributed by atoms with Crippen molar-refractivity contribution >= 4 is 17.5 Å². The molecule has 9 nitrogen and oxygen atoms in total. The number of benzene rings is 2. The van der Waals surface area contributed by atoms with Crippen LogP contribution in [-0.4, -0.2) is 75.6 Å². The van der Waals surface area contributed by atoms with E-state index >= 15 is 0 Å². The standard InChI is InChI=1S/C26H33N3O6/c1-6-25(30)28(12-13-32-2)17-26(31)29-23(21-15-20(34-4)10-11-24(21)35-5)16-22(27-29)18-8-7-9-19(14-18)33-3/h7-11,14-15,23H,6,12-13,16-17H2,1-5H3/t23-/m1/s1. The molecule has 0 aromatic heterocycles. The molecule has 1 atom stereocenters. The third-order valence-corrected chi connectivity index (χ3v) is 5.91. The van der Waals surface area contributed by atoms with Crippen LogP contribution < -0.4 is 14.2 Å². The van der Waals surface area contributed by atoms with Crippen LogP contribution in [0.3, 0.4) is 0 Å². The number of ether oxygens (including phenoxy) is 4. The second-order valence-corrected chi connectivity index (χ2v) is 8.01. The predicted octanol–water partition coefficient (Wildman–Crippen LogP) is 3.28. The highest BCUT2D eigenvalue weighted by atomic mass is 16.5. The molecule has 0 fully saturated rings. The number of rotatable bonds is 11. The van der Waals surface area contributed by atoms with Gasteiger partial charge < -0.3 is 23.8 Å². The molecular weight excluding hydrogens is 450 g/mol. The van der Waals surface area contributed by atoms with Crippen LogP contribution in [0.25, 0.3) is 0 Å². The highest BCUT2D eigenvalue weighted by Gasteiger charge is 2.36. The predicted molar refractivity (Wildman–Crippen MR) is 132 cm³/mol. The normalized spacial score (nSPS) is 14.9. The van der Waals surface area contributed by atoms with E-state index in [1.165, 1.54) is 9.91 Å². The number of hydrogen-bond acceptors (Lipinski definition) is 7. The summed E-state index contributed by atoms with van der Waals surface area (Å²) in [5.74, 6) is 1.55. The molecule has 0 aliphatic carbocycles. The minimum Gasteiger partial charge on any atom is -0.497 e. The summed E-state index contributed by atoms with van der Waals surface area (Å²) >= 11 is 0. The monoisotopic (exact) mass is 483 g/mol. The van der Waals surface area contributed by atoms with E-state index in [1.807, 2.05) is 36.4 Å². The Morgan fingerprint density at radius 1 is 1.03 bits per heavy atom. The van der Waals surface area contributed by atoms with Crippen LogP contribution in [0.2, 0.25) is 0 Å². The van der Waals surface area contributed by atoms with E-state index in [4.69, 9.17) is 24.0 Å². The zero-order chi connectivity index (χ0) is 25.4. The first-order valence-electron chi connectivity index (χ1n) is 11.5. The summed E-state index contributed by atoms with van der Waals surface area (Å²) < 4.78 is 21.5. The fraction of sp³-hybridized carbons (Fsp3) is 0.423. The Morgan fingerprint density at radius 3 is 2.43 bits per heavy atom. The summed E-state index contributed by atoms with van der Waals surface area (Å²) in [5, 5.41) is 6.17. The van der Waals surface area contributed by atoms with Gasteiger partial charge in [0.15, 0.2) is 0 Å². The molecule has 0 spiro atoms. The quantitative estimate of drug-likeness (QED) is 0.487. The molecule has 0 radical (unpaired) electrons. The highest BCUT2D eigenvalue weighted by molar-refractivity contribution is 6.03. The molecule has 0 saturated heterocycles. The minimum atomic E-state index is -0.435. The molecule has 1 aliphatic heterocycles. The summed E-state index contributed by atoms with van der Waals surface area (Å²) in [6.45, 7) is 2.33. The SMILES string of the molecule is CCC(=O)N(CCOC)CC(=O)N1N=C(c2cccc(OC)c2)C[C@@H]1c1cc(OC)ccc1OC. The van der Waals surface area contributed by atoms with Crippen molar-refractivity contribution in [2.45, 2.75) is 25.8 Å². The van der Waals surface area contributed by atoms with E-state index in [2.05, 4.69) is 0 Å². The molecule has 2 amide bonds. The Morgan fingerprint density at radius 2 is 1.77 bits per heavy atom. The van der Waals surface area contributed by atoms with Gasteiger partial charge in [-0.2, -0.15) is 5.10 Å². The third-order valence-electron chi connectivity index (χ3n) is 5.91. The Balaban J connectivity index is 2.00. The summed E-state index contributed by atoms with van der Waals surface area (Å²) in [6, 6.07) is 12.6. The number of amides is 2. The van der Waals surface area contributed by atoms with Gasteiger partial charge in [0.1, 0.15) is 23.8 Å². The van der Waals surface area contributed by atoms with Gasteiger partial charge >= 0.3 is 0 Å². The van der Waals surface area contributed by atoms with E-state index in [1.54, 1.807) is 41.4 Å². The van der Waals surface area contributed by atoms with Crippen LogP contribution in [0.4, 0.5) is 0 Å². The molecule has 1 heterocycles. The minimum absolute atomic E-state index is 0.103. The topological polar surface area (TPSA) is 89.9 Å². The third kappa shape index (κ3) is 6.10. The van der Waals surface area contributed by atoms with Gasteiger partial charge in [-0.05, 0) is 30.3 Å². The van der Waals surface area contributed by atoms with Crippen molar-refractivity contribution in [1.82, 2.24) is 9.91 Å². The molecule has 3 rings (SSSR count). The van der Waals surface area contributed by atoms with Crippen LogP contribution in [0.15, 0.2) is 47.6 Å².